The molecule has 1 aliphatic rings. The Labute approximate surface area is 156 Å². The van der Waals surface area contributed by atoms with E-state index >= 15 is 0 Å². The van der Waals surface area contributed by atoms with Crippen molar-refractivity contribution in [1.82, 2.24) is 15.5 Å². The summed E-state index contributed by atoms with van der Waals surface area (Å²) in [5.41, 5.74) is -0.212. The first-order valence-corrected chi connectivity index (χ1v) is 9.37. The first kappa shape index (κ1) is 19.9. The lowest BCUT2D eigenvalue weighted by Crippen LogP contribution is -2.48. The summed E-state index contributed by atoms with van der Waals surface area (Å²) in [6.45, 7) is 10.2. The maximum atomic E-state index is 11.8. The molecule has 2 N–H and O–H groups in total. The molecule has 0 unspecified atom stereocenters. The Balaban J connectivity index is 1.68. The zero-order valence-electron chi connectivity index (χ0n) is 15.5. The number of benzene rings is 1. The van der Waals surface area contributed by atoms with Crippen molar-refractivity contribution < 1.29 is 9.53 Å². The number of hydrogen-bond donors (Lipinski definition) is 2. The van der Waals surface area contributed by atoms with Crippen LogP contribution < -0.4 is 15.4 Å². The number of hydrogen-bond acceptors (Lipinski definition) is 3. The Bertz CT molecular complexity index is 560. The van der Waals surface area contributed by atoms with Gasteiger partial charge in [-0.25, -0.2) is 4.79 Å². The van der Waals surface area contributed by atoms with E-state index in [1.54, 1.807) is 0 Å². The molecule has 140 valence electrons. The molecule has 6 heteroatoms. The van der Waals surface area contributed by atoms with Crippen molar-refractivity contribution >= 4 is 17.6 Å². The SMILES string of the molecule is CC(C)(C)NC(=O)NCCN1CCC[C@@H](COc2ccccc2Cl)C1. The molecule has 0 saturated carbocycles. The van der Waals surface area contributed by atoms with Crippen LogP contribution in [0.4, 0.5) is 4.79 Å². The van der Waals surface area contributed by atoms with Gasteiger partial charge in [-0.15, -0.1) is 0 Å². The second kappa shape index (κ2) is 9.30. The van der Waals surface area contributed by atoms with Gasteiger partial charge < -0.3 is 20.3 Å². The number of urea groups is 1. The Morgan fingerprint density at radius 2 is 2.12 bits per heavy atom. The third kappa shape index (κ3) is 7.53. The van der Waals surface area contributed by atoms with Crippen LogP contribution in [0.3, 0.4) is 0 Å². The van der Waals surface area contributed by atoms with E-state index < -0.39 is 0 Å². The number of likely N-dealkylation sites (tertiary alicyclic amines) is 1. The van der Waals surface area contributed by atoms with Gasteiger partial charge in [-0.3, -0.25) is 0 Å². The number of nitrogens with zero attached hydrogens (tertiary/aromatic N) is 1. The van der Waals surface area contributed by atoms with Crippen molar-refractivity contribution in [2.45, 2.75) is 39.2 Å². The fourth-order valence-electron chi connectivity index (χ4n) is 2.97. The van der Waals surface area contributed by atoms with Gasteiger partial charge in [0.15, 0.2) is 0 Å². The molecule has 0 aromatic heterocycles. The lowest BCUT2D eigenvalue weighted by Gasteiger charge is -2.32. The number of nitrogens with one attached hydrogen (secondary N) is 2. The largest absolute Gasteiger partial charge is 0.492 e. The summed E-state index contributed by atoms with van der Waals surface area (Å²) in [5.74, 6) is 1.25. The van der Waals surface area contributed by atoms with Crippen LogP contribution in [0, 0.1) is 5.92 Å². The van der Waals surface area contributed by atoms with Crippen LogP contribution in [0.25, 0.3) is 0 Å². The molecular weight excluding hydrogens is 338 g/mol. The first-order chi connectivity index (χ1) is 11.8. The molecular formula is C19H30ClN3O2. The fourth-order valence-corrected chi connectivity index (χ4v) is 3.16. The molecule has 2 amide bonds. The van der Waals surface area contributed by atoms with E-state index in [0.717, 1.165) is 31.8 Å². The molecule has 0 aliphatic carbocycles. The molecule has 1 atom stereocenters. The summed E-state index contributed by atoms with van der Waals surface area (Å²) in [6, 6.07) is 7.48. The number of amides is 2. The van der Waals surface area contributed by atoms with Gasteiger partial charge in [0.2, 0.25) is 0 Å². The van der Waals surface area contributed by atoms with E-state index in [9.17, 15) is 4.79 Å². The number of ether oxygens (including phenoxy) is 1. The molecule has 25 heavy (non-hydrogen) atoms. The zero-order valence-corrected chi connectivity index (χ0v) is 16.2. The minimum Gasteiger partial charge on any atom is -0.492 e. The molecule has 0 radical (unpaired) electrons. The molecule has 0 bridgehead atoms. The second-order valence-electron chi connectivity index (χ2n) is 7.68. The minimum atomic E-state index is -0.212. The maximum Gasteiger partial charge on any atom is 0.315 e. The second-order valence-corrected chi connectivity index (χ2v) is 8.09. The van der Waals surface area contributed by atoms with Gasteiger partial charge >= 0.3 is 6.03 Å². The van der Waals surface area contributed by atoms with Crippen molar-refractivity contribution in [2.24, 2.45) is 5.92 Å². The fraction of sp³-hybridized carbons (Fsp3) is 0.632. The van der Waals surface area contributed by atoms with Crippen molar-refractivity contribution in [1.29, 1.82) is 0 Å². The molecule has 1 fully saturated rings. The van der Waals surface area contributed by atoms with E-state index in [0.29, 0.717) is 24.1 Å². The summed E-state index contributed by atoms with van der Waals surface area (Å²) in [7, 11) is 0. The smallest absolute Gasteiger partial charge is 0.315 e. The number of carbonyl (C=O) groups is 1. The highest BCUT2D eigenvalue weighted by Gasteiger charge is 2.21. The summed E-state index contributed by atoms with van der Waals surface area (Å²) in [4.78, 5) is 14.2. The van der Waals surface area contributed by atoms with E-state index in [1.165, 1.54) is 6.42 Å². The summed E-state index contributed by atoms with van der Waals surface area (Å²) >= 11 is 6.13. The predicted octanol–water partition coefficient (Wildman–Crippen LogP) is 3.53. The number of carbonyl (C=O) groups excluding carboxylic acids is 1. The van der Waals surface area contributed by atoms with E-state index in [-0.39, 0.29) is 11.6 Å². The van der Waals surface area contributed by atoms with Crippen LogP contribution in [-0.2, 0) is 0 Å². The van der Waals surface area contributed by atoms with E-state index in [4.69, 9.17) is 16.3 Å². The van der Waals surface area contributed by atoms with Crippen LogP contribution in [0.15, 0.2) is 24.3 Å². The molecule has 5 nitrogen and oxygen atoms in total. The third-order valence-corrected chi connectivity index (χ3v) is 4.43. The van der Waals surface area contributed by atoms with E-state index in [1.807, 2.05) is 45.0 Å². The predicted molar refractivity (Wildman–Crippen MR) is 102 cm³/mol. The topological polar surface area (TPSA) is 53.6 Å². The normalized spacial score (nSPS) is 18.6. The monoisotopic (exact) mass is 367 g/mol. The minimum absolute atomic E-state index is 0.108. The maximum absolute atomic E-state index is 11.8. The lowest BCUT2D eigenvalue weighted by atomic mass is 9.99. The Hall–Kier alpha value is -1.46. The Morgan fingerprint density at radius 1 is 1.36 bits per heavy atom. The Kier molecular flexibility index (Phi) is 7.38. The van der Waals surface area contributed by atoms with Gasteiger partial charge in [0, 0.05) is 31.1 Å². The zero-order chi connectivity index (χ0) is 18.3. The molecule has 1 aromatic carbocycles. The van der Waals surface area contributed by atoms with Gasteiger partial charge in [-0.1, -0.05) is 23.7 Å². The number of rotatable bonds is 6. The van der Waals surface area contributed by atoms with Crippen molar-refractivity contribution in [3.63, 3.8) is 0 Å². The molecule has 1 heterocycles. The average molecular weight is 368 g/mol. The molecule has 1 saturated heterocycles. The van der Waals surface area contributed by atoms with Gasteiger partial charge in [-0.2, -0.15) is 0 Å². The summed E-state index contributed by atoms with van der Waals surface area (Å²) in [6.07, 6.45) is 2.32. The van der Waals surface area contributed by atoms with Crippen LogP contribution in [0.2, 0.25) is 5.02 Å². The highest BCUT2D eigenvalue weighted by Crippen LogP contribution is 2.25. The number of piperidine rings is 1. The van der Waals surface area contributed by atoms with Crippen molar-refractivity contribution in [3.8, 4) is 5.75 Å². The Morgan fingerprint density at radius 3 is 2.84 bits per heavy atom. The average Bonchev–Trinajstić information content (AvgIpc) is 2.53. The highest BCUT2D eigenvalue weighted by atomic mass is 35.5. The quantitative estimate of drug-likeness (QED) is 0.808. The molecule has 0 spiro atoms. The highest BCUT2D eigenvalue weighted by molar-refractivity contribution is 6.32. The van der Waals surface area contributed by atoms with E-state index in [2.05, 4.69) is 15.5 Å². The molecule has 2 rings (SSSR count). The van der Waals surface area contributed by atoms with Gasteiger partial charge in [-0.05, 0) is 52.3 Å². The van der Waals surface area contributed by atoms with Crippen molar-refractivity contribution in [3.05, 3.63) is 29.3 Å². The van der Waals surface area contributed by atoms with Crippen molar-refractivity contribution in [2.75, 3.05) is 32.8 Å². The van der Waals surface area contributed by atoms with Crippen LogP contribution in [-0.4, -0.2) is 49.3 Å². The summed E-state index contributed by atoms with van der Waals surface area (Å²) in [5, 5.41) is 6.49. The number of para-hydroxylation sites is 1. The molecule has 1 aromatic rings. The van der Waals surface area contributed by atoms with Crippen LogP contribution >= 0.6 is 11.6 Å². The summed E-state index contributed by atoms with van der Waals surface area (Å²) < 4.78 is 5.88. The molecule has 1 aliphatic heterocycles. The van der Waals surface area contributed by atoms with Gasteiger partial charge in [0.1, 0.15) is 5.75 Å². The van der Waals surface area contributed by atoms with Crippen LogP contribution in [0.1, 0.15) is 33.6 Å². The standard InChI is InChI=1S/C19H30ClN3O2/c1-19(2,3)22-18(24)21-10-12-23-11-6-7-15(13-23)14-25-17-9-5-4-8-16(17)20/h4-5,8-9,15H,6-7,10-14H2,1-3H3,(H2,21,22,24)/t15-/m1/s1. The van der Waals surface area contributed by atoms with Gasteiger partial charge in [0.05, 0.1) is 11.6 Å². The van der Waals surface area contributed by atoms with Crippen LogP contribution in [0.5, 0.6) is 5.75 Å². The van der Waals surface area contributed by atoms with Gasteiger partial charge in [0.25, 0.3) is 0 Å². The first-order valence-electron chi connectivity index (χ1n) is 8.99. The number of halogens is 1. The third-order valence-electron chi connectivity index (χ3n) is 4.12. The lowest BCUT2D eigenvalue weighted by molar-refractivity contribution is 0.131.